The number of carbonyl (C=O) groups excluding carboxylic acids is 2. The Labute approximate surface area is 140 Å². The van der Waals surface area contributed by atoms with Crippen molar-refractivity contribution in [1.82, 2.24) is 15.1 Å². The van der Waals surface area contributed by atoms with E-state index in [0.717, 1.165) is 18.4 Å². The van der Waals surface area contributed by atoms with Gasteiger partial charge in [-0.25, -0.2) is 4.79 Å². The summed E-state index contributed by atoms with van der Waals surface area (Å²) in [7, 11) is 1.50. The van der Waals surface area contributed by atoms with Crippen LogP contribution < -0.4 is 5.32 Å². The summed E-state index contributed by atoms with van der Waals surface area (Å²) in [5, 5.41) is 10.7. The maximum Gasteiger partial charge on any atom is 0.410 e. The molecule has 2 rings (SSSR count). The van der Waals surface area contributed by atoms with Crippen LogP contribution in [0.1, 0.15) is 45.1 Å². The molecule has 0 aromatic carbocycles. The van der Waals surface area contributed by atoms with Crippen LogP contribution >= 0.6 is 11.6 Å². The number of aromatic nitrogens is 2. The first kappa shape index (κ1) is 17.5. The second kappa shape index (κ2) is 6.70. The van der Waals surface area contributed by atoms with E-state index in [1.165, 1.54) is 11.9 Å². The molecule has 1 fully saturated rings. The van der Waals surface area contributed by atoms with Gasteiger partial charge in [0.15, 0.2) is 11.0 Å². The van der Waals surface area contributed by atoms with Crippen LogP contribution in [-0.2, 0) is 9.53 Å². The number of hydrogen-bond donors (Lipinski definition) is 1. The molecule has 0 saturated heterocycles. The van der Waals surface area contributed by atoms with E-state index in [4.69, 9.17) is 16.3 Å². The van der Waals surface area contributed by atoms with Crippen LogP contribution in [0.3, 0.4) is 0 Å². The Morgan fingerprint density at radius 3 is 2.61 bits per heavy atom. The van der Waals surface area contributed by atoms with Gasteiger partial charge in [0, 0.05) is 7.05 Å². The lowest BCUT2D eigenvalue weighted by molar-refractivity contribution is -0.117. The fourth-order valence-corrected chi connectivity index (χ4v) is 2.18. The van der Waals surface area contributed by atoms with Gasteiger partial charge < -0.3 is 15.0 Å². The maximum absolute atomic E-state index is 12.0. The summed E-state index contributed by atoms with van der Waals surface area (Å²) in [6.45, 7) is 5.16. The third kappa shape index (κ3) is 5.35. The largest absolute Gasteiger partial charge is 0.444 e. The van der Waals surface area contributed by atoms with Crippen LogP contribution in [0.4, 0.5) is 10.6 Å². The van der Waals surface area contributed by atoms with Gasteiger partial charge in [-0.15, -0.1) is 10.2 Å². The van der Waals surface area contributed by atoms with E-state index in [1.54, 1.807) is 26.8 Å². The van der Waals surface area contributed by atoms with E-state index in [1.807, 2.05) is 0 Å². The van der Waals surface area contributed by atoms with E-state index < -0.39 is 11.7 Å². The van der Waals surface area contributed by atoms with Crippen molar-refractivity contribution < 1.29 is 14.3 Å². The van der Waals surface area contributed by atoms with Gasteiger partial charge in [0.25, 0.3) is 0 Å². The molecule has 1 aromatic heterocycles. The molecule has 0 radical (unpaired) electrons. The van der Waals surface area contributed by atoms with Crippen molar-refractivity contribution in [2.45, 2.75) is 45.1 Å². The predicted octanol–water partition coefficient (Wildman–Crippen LogP) is 2.81. The van der Waals surface area contributed by atoms with Crippen LogP contribution in [0.2, 0.25) is 5.15 Å². The molecule has 1 heterocycles. The fraction of sp³-hybridized carbons (Fsp3) is 0.600. The van der Waals surface area contributed by atoms with Gasteiger partial charge in [-0.1, -0.05) is 11.6 Å². The molecule has 126 valence electrons. The highest BCUT2D eigenvalue weighted by molar-refractivity contribution is 6.30. The zero-order valence-corrected chi connectivity index (χ0v) is 14.5. The van der Waals surface area contributed by atoms with Gasteiger partial charge in [-0.05, 0) is 51.2 Å². The van der Waals surface area contributed by atoms with Gasteiger partial charge in [-0.2, -0.15) is 0 Å². The Kier molecular flexibility index (Phi) is 5.09. The second-order valence-electron chi connectivity index (χ2n) is 6.63. The number of carbonyl (C=O) groups is 2. The summed E-state index contributed by atoms with van der Waals surface area (Å²) < 4.78 is 5.19. The smallest absolute Gasteiger partial charge is 0.410 e. The molecule has 0 atom stereocenters. The van der Waals surface area contributed by atoms with Crippen molar-refractivity contribution in [3.05, 3.63) is 16.8 Å². The highest BCUT2D eigenvalue weighted by atomic mass is 35.5. The number of nitrogens with zero attached hydrogens (tertiary/aromatic N) is 3. The number of hydrogen-bond acceptors (Lipinski definition) is 5. The summed E-state index contributed by atoms with van der Waals surface area (Å²) in [5.41, 5.74) is 0.292. The normalized spacial score (nSPS) is 14.3. The SMILES string of the molecule is CN(CC(=O)Nc1cc(C2CC2)c(Cl)nn1)C(=O)OC(C)(C)C. The molecule has 8 heteroatoms. The third-order valence-corrected chi connectivity index (χ3v) is 3.44. The Balaban J connectivity index is 1.92. The first-order chi connectivity index (χ1) is 10.7. The lowest BCUT2D eigenvalue weighted by Crippen LogP contribution is -2.38. The van der Waals surface area contributed by atoms with Crippen LogP contribution in [0.5, 0.6) is 0 Å². The number of rotatable bonds is 4. The topological polar surface area (TPSA) is 84.4 Å². The molecule has 1 aliphatic rings. The van der Waals surface area contributed by atoms with E-state index in [9.17, 15) is 9.59 Å². The van der Waals surface area contributed by atoms with Crippen molar-refractivity contribution in [1.29, 1.82) is 0 Å². The van der Waals surface area contributed by atoms with Crippen molar-refractivity contribution in [2.75, 3.05) is 18.9 Å². The molecule has 23 heavy (non-hydrogen) atoms. The Morgan fingerprint density at radius 1 is 1.39 bits per heavy atom. The molecule has 0 spiro atoms. The van der Waals surface area contributed by atoms with Gasteiger partial charge in [0.2, 0.25) is 5.91 Å². The Bertz CT molecular complexity index is 611. The van der Waals surface area contributed by atoms with Crippen molar-refractivity contribution in [3.8, 4) is 0 Å². The van der Waals surface area contributed by atoms with Gasteiger partial charge in [-0.3, -0.25) is 4.79 Å². The number of likely N-dealkylation sites (N-methyl/N-ethyl adjacent to an activating group) is 1. The van der Waals surface area contributed by atoms with Crippen LogP contribution in [0.25, 0.3) is 0 Å². The maximum atomic E-state index is 12.0. The Morgan fingerprint density at radius 2 is 2.04 bits per heavy atom. The zero-order chi connectivity index (χ0) is 17.2. The highest BCUT2D eigenvalue weighted by Gasteiger charge is 2.27. The lowest BCUT2D eigenvalue weighted by atomic mass is 10.2. The van der Waals surface area contributed by atoms with Crippen molar-refractivity contribution >= 4 is 29.4 Å². The summed E-state index contributed by atoms with van der Waals surface area (Å²) >= 11 is 6.00. The average molecular weight is 341 g/mol. The Hall–Kier alpha value is -1.89. The molecule has 0 aliphatic heterocycles. The average Bonchev–Trinajstić information content (AvgIpc) is 3.23. The lowest BCUT2D eigenvalue weighted by Gasteiger charge is -2.24. The highest BCUT2D eigenvalue weighted by Crippen LogP contribution is 2.42. The van der Waals surface area contributed by atoms with E-state index in [0.29, 0.717) is 16.9 Å². The molecule has 1 aliphatic carbocycles. The van der Waals surface area contributed by atoms with Crippen LogP contribution in [-0.4, -0.2) is 46.3 Å². The fourth-order valence-electron chi connectivity index (χ4n) is 1.94. The number of anilines is 1. The first-order valence-corrected chi connectivity index (χ1v) is 7.80. The molecule has 0 unspecified atom stereocenters. The first-order valence-electron chi connectivity index (χ1n) is 7.43. The minimum atomic E-state index is -0.608. The van der Waals surface area contributed by atoms with Gasteiger partial charge >= 0.3 is 6.09 Å². The minimum absolute atomic E-state index is 0.141. The van der Waals surface area contributed by atoms with E-state index in [-0.39, 0.29) is 12.5 Å². The second-order valence-corrected chi connectivity index (χ2v) is 6.99. The molecule has 1 saturated carbocycles. The van der Waals surface area contributed by atoms with E-state index >= 15 is 0 Å². The van der Waals surface area contributed by atoms with Crippen LogP contribution in [0, 0.1) is 0 Å². The number of halogens is 1. The van der Waals surface area contributed by atoms with E-state index in [2.05, 4.69) is 15.5 Å². The monoisotopic (exact) mass is 340 g/mol. The molecule has 2 amide bonds. The van der Waals surface area contributed by atoms with Crippen LogP contribution in [0.15, 0.2) is 6.07 Å². The quantitative estimate of drug-likeness (QED) is 0.911. The standard InChI is InChI=1S/C15H21ClN4O3/c1-15(2,3)23-14(22)20(4)8-12(21)17-11-7-10(9-5-6-9)13(16)19-18-11/h7,9H,5-6,8H2,1-4H3,(H,17,18,21). The van der Waals surface area contributed by atoms with Gasteiger partial charge in [0.05, 0.1) is 0 Å². The molecule has 7 nitrogen and oxygen atoms in total. The summed E-state index contributed by atoms with van der Waals surface area (Å²) in [6, 6.07) is 1.73. The summed E-state index contributed by atoms with van der Waals surface area (Å²) in [6.07, 6.45) is 1.58. The molecular formula is C15H21ClN4O3. The predicted molar refractivity (Wildman–Crippen MR) is 86.5 cm³/mol. The molecule has 0 bridgehead atoms. The minimum Gasteiger partial charge on any atom is -0.444 e. The molecule has 1 N–H and O–H groups in total. The van der Waals surface area contributed by atoms with Crippen molar-refractivity contribution in [2.24, 2.45) is 0 Å². The number of ether oxygens (including phenoxy) is 1. The molecular weight excluding hydrogens is 320 g/mol. The van der Waals surface area contributed by atoms with Crippen molar-refractivity contribution in [3.63, 3.8) is 0 Å². The number of amides is 2. The summed E-state index contributed by atoms with van der Waals surface area (Å²) in [4.78, 5) is 25.0. The number of nitrogens with one attached hydrogen (secondary N) is 1. The molecule has 1 aromatic rings. The van der Waals surface area contributed by atoms with Gasteiger partial charge in [0.1, 0.15) is 12.1 Å². The summed E-state index contributed by atoms with van der Waals surface area (Å²) in [5.74, 6) is 0.355. The zero-order valence-electron chi connectivity index (χ0n) is 13.7. The third-order valence-electron chi connectivity index (χ3n) is 3.15.